The number of imide groups is 1. The summed E-state index contributed by atoms with van der Waals surface area (Å²) < 4.78 is 18.7. The van der Waals surface area contributed by atoms with Gasteiger partial charge in [0.2, 0.25) is 17.8 Å². The number of aliphatic hydroxyl groups excluding tert-OH is 1. The summed E-state index contributed by atoms with van der Waals surface area (Å²) in [5.41, 5.74) is 0.532. The molecule has 1 spiro atoms. The number of fused-ring (bicyclic) bond motifs is 3. The van der Waals surface area contributed by atoms with Gasteiger partial charge in [-0.3, -0.25) is 29.4 Å². The monoisotopic (exact) mass is 915 g/mol. The standard InChI is InChI=1S/C51H45N7O10/c59-30-31-66-40-19-10-7-16-37(40)45-51(38-17-8-9-18-39(38)56(48(51)62)50(63)67-32-33-20-22-36(23-21-33)58(64)65)41(46(60)54-26-28-55(29-27-54)49-52-24-11-25-53-49)43-47(61)68-44(35-14-5-2-6-15-35)42(57(43)45)34-12-3-1-4-13-34/h1-25,41-45,59H,26-32H2/t41-,42-,43-,44+,45+,51-/m0/s1. The average Bonchev–Trinajstić information content (AvgIpc) is 3.84. The average molecular weight is 916 g/mol. The number of esters is 1. The predicted octanol–water partition coefficient (Wildman–Crippen LogP) is 6.11. The number of hydrogen-bond acceptors (Lipinski definition) is 14. The van der Waals surface area contributed by atoms with Crippen LogP contribution < -0.4 is 14.5 Å². The fourth-order valence-electron chi connectivity index (χ4n) is 10.5. The highest BCUT2D eigenvalue weighted by Crippen LogP contribution is 2.66. The number of ether oxygens (including phenoxy) is 3. The van der Waals surface area contributed by atoms with Crippen molar-refractivity contribution in [2.75, 3.05) is 49.2 Å². The molecular formula is C51H45N7O10. The van der Waals surface area contributed by atoms with E-state index in [1.54, 1.807) is 71.9 Å². The molecule has 0 unspecified atom stereocenters. The third-order valence-corrected chi connectivity index (χ3v) is 13.3. The minimum Gasteiger partial charge on any atom is -0.491 e. The first-order chi connectivity index (χ1) is 33.2. The Morgan fingerprint density at radius 1 is 0.779 bits per heavy atom. The third-order valence-electron chi connectivity index (χ3n) is 13.3. The zero-order valence-electron chi connectivity index (χ0n) is 36.5. The van der Waals surface area contributed by atoms with Gasteiger partial charge in [0.15, 0.2) is 0 Å². The summed E-state index contributed by atoms with van der Waals surface area (Å²) in [6, 6.07) is 36.3. The number of hydrogen-bond donors (Lipinski definition) is 1. The fourth-order valence-corrected chi connectivity index (χ4v) is 10.5. The number of carbonyl (C=O) groups is 4. The van der Waals surface area contributed by atoms with Crippen molar-refractivity contribution >= 4 is 41.2 Å². The van der Waals surface area contributed by atoms with Crippen molar-refractivity contribution in [2.45, 2.75) is 36.3 Å². The van der Waals surface area contributed by atoms with Gasteiger partial charge in [0.1, 0.15) is 36.5 Å². The summed E-state index contributed by atoms with van der Waals surface area (Å²) in [7, 11) is 0. The van der Waals surface area contributed by atoms with Crippen LogP contribution >= 0.6 is 0 Å². The van der Waals surface area contributed by atoms with Gasteiger partial charge in [-0.15, -0.1) is 0 Å². The molecule has 3 saturated heterocycles. The quantitative estimate of drug-likeness (QED) is 0.0888. The SMILES string of the molecule is O=C1O[C@H](c2ccccc2)[C@H](c2ccccc2)N2[C@H]1[C@@H](C(=O)N1CCN(c3ncccn3)CC1)[C@]1(C(=O)N(C(=O)OCc3ccc([N+](=O)[O-])cc3)c3ccccc31)[C@H]2c1ccccc1OCCO. The molecule has 4 aliphatic rings. The van der Waals surface area contributed by atoms with Crippen LogP contribution in [0.3, 0.4) is 0 Å². The Hall–Kier alpha value is -8.02. The molecule has 17 nitrogen and oxygen atoms in total. The molecule has 0 bridgehead atoms. The molecule has 17 heteroatoms. The smallest absolute Gasteiger partial charge is 0.421 e. The summed E-state index contributed by atoms with van der Waals surface area (Å²) in [5.74, 6) is -2.76. The predicted molar refractivity (Wildman–Crippen MR) is 245 cm³/mol. The van der Waals surface area contributed by atoms with Gasteiger partial charge < -0.3 is 29.1 Å². The maximum atomic E-state index is 16.4. The molecule has 6 atom stereocenters. The van der Waals surface area contributed by atoms with Crippen molar-refractivity contribution < 1.29 is 43.4 Å². The molecule has 5 aromatic carbocycles. The topological polar surface area (TPSA) is 198 Å². The number of anilines is 2. The van der Waals surface area contributed by atoms with E-state index in [1.807, 2.05) is 70.5 Å². The Morgan fingerprint density at radius 2 is 1.43 bits per heavy atom. The number of non-ortho nitro benzene ring substituents is 1. The third kappa shape index (κ3) is 7.45. The summed E-state index contributed by atoms with van der Waals surface area (Å²) in [5, 5.41) is 21.4. The molecule has 0 aliphatic carbocycles. The van der Waals surface area contributed by atoms with Gasteiger partial charge >= 0.3 is 12.1 Å². The van der Waals surface area contributed by atoms with E-state index < -0.39 is 64.4 Å². The first kappa shape index (κ1) is 43.9. The van der Waals surface area contributed by atoms with Crippen molar-refractivity contribution in [3.05, 3.63) is 190 Å². The molecule has 1 N–H and O–H groups in total. The number of carbonyl (C=O) groups excluding carboxylic acids is 4. The summed E-state index contributed by atoms with van der Waals surface area (Å²) in [6.45, 7) is 0.303. The number of cyclic esters (lactones) is 1. The number of aromatic nitrogens is 2. The number of nitro benzene ring substituents is 1. The molecule has 3 amide bonds. The lowest BCUT2D eigenvalue weighted by Crippen LogP contribution is -2.59. The van der Waals surface area contributed by atoms with Gasteiger partial charge in [-0.25, -0.2) is 19.7 Å². The Kier molecular flexibility index (Phi) is 11.8. The maximum Gasteiger partial charge on any atom is 0.421 e. The van der Waals surface area contributed by atoms with Crippen LogP contribution in [0.25, 0.3) is 0 Å². The summed E-state index contributed by atoms with van der Waals surface area (Å²) >= 11 is 0. The number of benzene rings is 5. The Bertz CT molecular complexity index is 2850. The Morgan fingerprint density at radius 3 is 2.12 bits per heavy atom. The molecule has 1 aromatic heterocycles. The van der Waals surface area contributed by atoms with E-state index in [4.69, 9.17) is 14.2 Å². The molecule has 4 aliphatic heterocycles. The number of morpholine rings is 1. The van der Waals surface area contributed by atoms with E-state index in [-0.39, 0.29) is 44.3 Å². The number of para-hydroxylation sites is 2. The lowest BCUT2D eigenvalue weighted by Gasteiger charge is -2.46. The van der Waals surface area contributed by atoms with Gasteiger partial charge in [0, 0.05) is 56.3 Å². The van der Waals surface area contributed by atoms with Crippen molar-refractivity contribution in [3.63, 3.8) is 0 Å². The van der Waals surface area contributed by atoms with Gasteiger partial charge in [-0.05, 0) is 52.6 Å². The molecule has 68 heavy (non-hydrogen) atoms. The minimum absolute atomic E-state index is 0.111. The van der Waals surface area contributed by atoms with Crippen LogP contribution in [0.5, 0.6) is 5.75 Å². The molecule has 0 saturated carbocycles. The second-order valence-electron chi connectivity index (χ2n) is 16.9. The number of aliphatic hydroxyl groups is 1. The molecule has 344 valence electrons. The first-order valence-corrected chi connectivity index (χ1v) is 22.3. The number of nitrogens with zero attached hydrogens (tertiary/aromatic N) is 7. The van der Waals surface area contributed by atoms with Crippen LogP contribution in [0.4, 0.5) is 22.1 Å². The normalized spacial score (nSPS) is 23.2. The van der Waals surface area contributed by atoms with Crippen LogP contribution in [-0.4, -0.2) is 99.1 Å². The summed E-state index contributed by atoms with van der Waals surface area (Å²) in [6.07, 6.45) is 1.29. The van der Waals surface area contributed by atoms with Crippen molar-refractivity contribution in [1.82, 2.24) is 19.8 Å². The van der Waals surface area contributed by atoms with Gasteiger partial charge in [-0.1, -0.05) is 97.1 Å². The minimum atomic E-state index is -2.04. The van der Waals surface area contributed by atoms with E-state index in [2.05, 4.69) is 9.97 Å². The van der Waals surface area contributed by atoms with Gasteiger partial charge in [0.25, 0.3) is 5.69 Å². The maximum absolute atomic E-state index is 16.4. The van der Waals surface area contributed by atoms with E-state index in [0.29, 0.717) is 47.0 Å². The molecule has 10 rings (SSSR count). The van der Waals surface area contributed by atoms with Crippen LogP contribution in [-0.2, 0) is 35.9 Å². The van der Waals surface area contributed by atoms with Crippen LogP contribution in [0.15, 0.2) is 152 Å². The highest BCUT2D eigenvalue weighted by Gasteiger charge is 2.76. The first-order valence-electron chi connectivity index (χ1n) is 22.3. The number of nitro groups is 1. The largest absolute Gasteiger partial charge is 0.491 e. The van der Waals surface area contributed by atoms with E-state index in [9.17, 15) is 20.0 Å². The lowest BCUT2D eigenvalue weighted by molar-refractivity contribution is -0.384. The fraction of sp³-hybridized carbons (Fsp3) is 0.255. The number of rotatable bonds is 11. The Balaban J connectivity index is 1.18. The highest BCUT2D eigenvalue weighted by molar-refractivity contribution is 6.23. The van der Waals surface area contributed by atoms with E-state index in [0.717, 1.165) is 10.5 Å². The Labute approximate surface area is 390 Å². The van der Waals surface area contributed by atoms with Crippen LogP contribution in [0.1, 0.15) is 46.0 Å². The van der Waals surface area contributed by atoms with Gasteiger partial charge in [0.05, 0.1) is 35.2 Å². The second-order valence-corrected chi connectivity index (χ2v) is 16.9. The van der Waals surface area contributed by atoms with Gasteiger partial charge in [-0.2, -0.15) is 0 Å². The molecule has 3 fully saturated rings. The number of piperazine rings is 1. The highest BCUT2D eigenvalue weighted by atomic mass is 16.6. The lowest BCUT2D eigenvalue weighted by atomic mass is 9.65. The second kappa shape index (κ2) is 18.3. The number of amides is 3. The molecule has 6 aromatic rings. The molecular weight excluding hydrogens is 871 g/mol. The van der Waals surface area contributed by atoms with Crippen molar-refractivity contribution in [2.24, 2.45) is 5.92 Å². The van der Waals surface area contributed by atoms with E-state index in [1.165, 1.54) is 24.3 Å². The zero-order chi connectivity index (χ0) is 46.9. The van der Waals surface area contributed by atoms with E-state index >= 15 is 14.4 Å². The zero-order valence-corrected chi connectivity index (χ0v) is 36.5. The van der Waals surface area contributed by atoms with Crippen molar-refractivity contribution in [1.29, 1.82) is 0 Å². The van der Waals surface area contributed by atoms with Crippen LogP contribution in [0, 0.1) is 16.0 Å². The molecule has 0 radical (unpaired) electrons. The summed E-state index contributed by atoms with van der Waals surface area (Å²) in [4.78, 5) is 88.8. The van der Waals surface area contributed by atoms with Crippen molar-refractivity contribution in [3.8, 4) is 5.75 Å². The van der Waals surface area contributed by atoms with Crippen LogP contribution in [0.2, 0.25) is 0 Å². The molecule has 5 heterocycles.